The van der Waals surface area contributed by atoms with Crippen molar-refractivity contribution < 1.29 is 9.84 Å². The Labute approximate surface area is 109 Å². The number of aromatic nitrogens is 1. The molecule has 2 atom stereocenters. The molecule has 94 valence electrons. The predicted octanol–water partition coefficient (Wildman–Crippen LogP) is 1.01. The Bertz CT molecular complexity index is 382. The van der Waals surface area contributed by atoms with Crippen molar-refractivity contribution in [2.45, 2.75) is 19.1 Å². The van der Waals surface area contributed by atoms with Gasteiger partial charge in [-0.2, -0.15) is 0 Å². The summed E-state index contributed by atoms with van der Waals surface area (Å²) in [6.07, 6.45) is 3.20. The summed E-state index contributed by atoms with van der Waals surface area (Å²) >= 11 is 3.46. The van der Waals surface area contributed by atoms with Crippen molar-refractivity contribution >= 4 is 27.3 Å². The molecular weight excluding hydrogens is 286 g/mol. The van der Waals surface area contributed by atoms with Gasteiger partial charge in [0.25, 0.3) is 0 Å². The van der Waals surface area contributed by atoms with E-state index in [4.69, 9.17) is 10.5 Å². The molecule has 17 heavy (non-hydrogen) atoms. The molecule has 0 aromatic carbocycles. The van der Waals surface area contributed by atoms with Crippen LogP contribution in [-0.4, -0.2) is 42.0 Å². The van der Waals surface area contributed by atoms with E-state index in [0.29, 0.717) is 18.8 Å². The number of aliphatic hydroxyl groups is 1. The Hall–Kier alpha value is -0.850. The van der Waals surface area contributed by atoms with Crippen LogP contribution < -0.4 is 10.6 Å². The van der Waals surface area contributed by atoms with E-state index in [1.54, 1.807) is 12.4 Å². The highest BCUT2D eigenvalue weighted by Gasteiger charge is 2.28. The number of ether oxygens (including phenoxy) is 1. The first-order valence-electron chi connectivity index (χ1n) is 5.51. The van der Waals surface area contributed by atoms with E-state index in [9.17, 15) is 5.11 Å². The number of nitrogens with zero attached hydrogens (tertiary/aromatic N) is 2. The van der Waals surface area contributed by atoms with Crippen LogP contribution in [0.3, 0.4) is 0 Å². The Kier molecular flexibility index (Phi) is 3.86. The van der Waals surface area contributed by atoms with E-state index in [2.05, 4.69) is 32.7 Å². The topological polar surface area (TPSA) is 71.6 Å². The minimum absolute atomic E-state index is 0.0197. The van der Waals surface area contributed by atoms with E-state index in [0.717, 1.165) is 10.2 Å². The van der Waals surface area contributed by atoms with Crippen LogP contribution in [0.5, 0.6) is 0 Å². The van der Waals surface area contributed by atoms with E-state index in [1.807, 2.05) is 0 Å². The Morgan fingerprint density at radius 1 is 1.65 bits per heavy atom. The van der Waals surface area contributed by atoms with Gasteiger partial charge in [-0.05, 0) is 22.9 Å². The SMILES string of the molecule is CC1COC(CO)CN1c1c(N)cncc1Br. The molecule has 6 heteroatoms. The monoisotopic (exact) mass is 301 g/mol. The first-order chi connectivity index (χ1) is 8.13. The number of nitrogens with two attached hydrogens (primary N) is 1. The third-order valence-corrected chi connectivity index (χ3v) is 3.48. The van der Waals surface area contributed by atoms with Crippen LogP contribution in [0.1, 0.15) is 6.92 Å². The van der Waals surface area contributed by atoms with Gasteiger partial charge in [0.2, 0.25) is 0 Å². The van der Waals surface area contributed by atoms with E-state index in [1.165, 1.54) is 0 Å². The van der Waals surface area contributed by atoms with E-state index >= 15 is 0 Å². The molecule has 3 N–H and O–H groups in total. The summed E-state index contributed by atoms with van der Waals surface area (Å²) in [5.74, 6) is 0. The van der Waals surface area contributed by atoms with Crippen LogP contribution in [0, 0.1) is 0 Å². The molecule has 2 heterocycles. The molecule has 0 bridgehead atoms. The van der Waals surface area contributed by atoms with Crippen LogP contribution in [0.15, 0.2) is 16.9 Å². The minimum Gasteiger partial charge on any atom is -0.396 e. The molecule has 0 saturated carbocycles. The molecule has 0 radical (unpaired) electrons. The highest BCUT2D eigenvalue weighted by atomic mass is 79.9. The fourth-order valence-corrected chi connectivity index (χ4v) is 2.56. The van der Waals surface area contributed by atoms with Gasteiger partial charge in [-0.25, -0.2) is 0 Å². The third kappa shape index (κ3) is 2.53. The van der Waals surface area contributed by atoms with Gasteiger partial charge >= 0.3 is 0 Å². The number of pyridine rings is 1. The van der Waals surface area contributed by atoms with Crippen LogP contribution in [0.2, 0.25) is 0 Å². The lowest BCUT2D eigenvalue weighted by Crippen LogP contribution is -2.50. The lowest BCUT2D eigenvalue weighted by molar-refractivity contribution is -0.0103. The molecular formula is C11H16BrN3O2. The molecule has 5 nitrogen and oxygen atoms in total. The molecule has 1 aromatic rings. The summed E-state index contributed by atoms with van der Waals surface area (Å²) in [6.45, 7) is 3.30. The molecule has 2 rings (SSSR count). The van der Waals surface area contributed by atoms with Crippen LogP contribution in [0.25, 0.3) is 0 Å². The van der Waals surface area contributed by atoms with Crippen LogP contribution in [-0.2, 0) is 4.74 Å². The van der Waals surface area contributed by atoms with Gasteiger partial charge in [0.1, 0.15) is 0 Å². The van der Waals surface area contributed by atoms with Gasteiger partial charge < -0.3 is 20.5 Å². The number of nitrogen functional groups attached to an aromatic ring is 1. The molecule has 1 aromatic heterocycles. The maximum atomic E-state index is 9.17. The zero-order valence-corrected chi connectivity index (χ0v) is 11.2. The van der Waals surface area contributed by atoms with E-state index < -0.39 is 0 Å². The molecule has 2 unspecified atom stereocenters. The summed E-state index contributed by atoms with van der Waals surface area (Å²) in [5, 5.41) is 9.17. The highest BCUT2D eigenvalue weighted by Crippen LogP contribution is 2.34. The largest absolute Gasteiger partial charge is 0.396 e. The first-order valence-corrected chi connectivity index (χ1v) is 6.31. The number of hydrogen-bond acceptors (Lipinski definition) is 5. The normalized spacial score (nSPS) is 25.0. The van der Waals surface area contributed by atoms with Gasteiger partial charge in [0.05, 0.1) is 41.4 Å². The molecule has 0 amide bonds. The summed E-state index contributed by atoms with van der Waals surface area (Å²) < 4.78 is 6.37. The zero-order valence-electron chi connectivity index (χ0n) is 9.64. The second-order valence-electron chi connectivity index (χ2n) is 4.20. The average molecular weight is 302 g/mol. The van der Waals surface area contributed by atoms with Gasteiger partial charge in [0, 0.05) is 18.8 Å². The van der Waals surface area contributed by atoms with Crippen molar-refractivity contribution in [1.29, 1.82) is 0 Å². The first kappa shape index (κ1) is 12.6. The number of anilines is 2. The third-order valence-electron chi connectivity index (χ3n) is 2.90. The van der Waals surface area contributed by atoms with Gasteiger partial charge in [-0.1, -0.05) is 0 Å². The molecule has 1 aliphatic heterocycles. The highest BCUT2D eigenvalue weighted by molar-refractivity contribution is 9.10. The average Bonchev–Trinajstić information content (AvgIpc) is 2.31. The fourth-order valence-electron chi connectivity index (χ4n) is 1.99. The molecule has 0 aliphatic carbocycles. The summed E-state index contributed by atoms with van der Waals surface area (Å²) in [4.78, 5) is 6.17. The van der Waals surface area contributed by atoms with Crippen LogP contribution >= 0.6 is 15.9 Å². The van der Waals surface area contributed by atoms with Crippen molar-refractivity contribution in [3.8, 4) is 0 Å². The molecule has 1 aliphatic rings. The van der Waals surface area contributed by atoms with Crippen molar-refractivity contribution in [3.05, 3.63) is 16.9 Å². The van der Waals surface area contributed by atoms with Gasteiger partial charge in [-0.3, -0.25) is 4.98 Å². The Balaban J connectivity index is 2.30. The number of morpholine rings is 1. The number of aliphatic hydroxyl groups excluding tert-OH is 1. The van der Waals surface area contributed by atoms with Crippen LogP contribution in [0.4, 0.5) is 11.4 Å². The second-order valence-corrected chi connectivity index (χ2v) is 5.05. The standard InChI is InChI=1S/C11H16BrN3O2/c1-7-6-17-8(5-16)4-15(7)11-9(12)2-14-3-10(11)13/h2-3,7-8,16H,4-6,13H2,1H3. The quantitative estimate of drug-likeness (QED) is 0.853. The lowest BCUT2D eigenvalue weighted by Gasteiger charge is -2.39. The summed E-state index contributed by atoms with van der Waals surface area (Å²) in [6, 6.07) is 0.221. The lowest BCUT2D eigenvalue weighted by atomic mass is 10.1. The van der Waals surface area contributed by atoms with Crippen molar-refractivity contribution in [2.75, 3.05) is 30.4 Å². The molecule has 1 fully saturated rings. The second kappa shape index (κ2) is 5.20. The van der Waals surface area contributed by atoms with Gasteiger partial charge in [0.15, 0.2) is 0 Å². The van der Waals surface area contributed by atoms with Gasteiger partial charge in [-0.15, -0.1) is 0 Å². The Morgan fingerprint density at radius 3 is 3.06 bits per heavy atom. The molecule has 1 saturated heterocycles. The number of hydrogen-bond donors (Lipinski definition) is 2. The maximum Gasteiger partial charge on any atom is 0.0981 e. The number of halogens is 1. The minimum atomic E-state index is -0.161. The predicted molar refractivity (Wildman–Crippen MR) is 70.0 cm³/mol. The summed E-state index contributed by atoms with van der Waals surface area (Å²) in [7, 11) is 0. The van der Waals surface area contributed by atoms with Crippen molar-refractivity contribution in [1.82, 2.24) is 4.98 Å². The maximum absolute atomic E-state index is 9.17. The van der Waals surface area contributed by atoms with E-state index in [-0.39, 0.29) is 18.8 Å². The smallest absolute Gasteiger partial charge is 0.0981 e. The Morgan fingerprint density at radius 2 is 2.41 bits per heavy atom. The molecule has 0 spiro atoms. The summed E-state index contributed by atoms with van der Waals surface area (Å²) in [5.41, 5.74) is 7.52. The van der Waals surface area contributed by atoms with Crippen molar-refractivity contribution in [3.63, 3.8) is 0 Å². The zero-order chi connectivity index (χ0) is 12.4. The number of rotatable bonds is 2. The van der Waals surface area contributed by atoms with Crippen molar-refractivity contribution in [2.24, 2.45) is 0 Å². The fraction of sp³-hybridized carbons (Fsp3) is 0.545.